The Morgan fingerprint density at radius 1 is 1.07 bits per heavy atom. The summed E-state index contributed by atoms with van der Waals surface area (Å²) < 4.78 is 43.1. The van der Waals surface area contributed by atoms with Crippen molar-refractivity contribution in [1.82, 2.24) is 9.78 Å². The smallest absolute Gasteiger partial charge is 0.270 e. The number of aromatic amines is 1. The number of amides is 1. The van der Waals surface area contributed by atoms with Gasteiger partial charge in [-0.25, -0.2) is 13.2 Å². The first-order valence-corrected chi connectivity index (χ1v) is 10.6. The van der Waals surface area contributed by atoms with Crippen LogP contribution in [0.25, 0.3) is 0 Å². The Hall–Kier alpha value is -1.81. The lowest BCUT2D eigenvalue weighted by molar-refractivity contribution is -0.113. The number of hydrogen-bond donors (Lipinski definition) is 2. The van der Waals surface area contributed by atoms with Gasteiger partial charge in [0.05, 0.1) is 22.6 Å². The number of rotatable bonds is 2. The lowest BCUT2D eigenvalue weighted by Gasteiger charge is -2.24. The summed E-state index contributed by atoms with van der Waals surface area (Å²) in [6.07, 6.45) is 1.66. The number of carbonyl (C=O) groups is 1. The van der Waals surface area contributed by atoms with Crippen LogP contribution in [0.5, 0.6) is 0 Å². The van der Waals surface area contributed by atoms with Crippen LogP contribution in [0.3, 0.4) is 0 Å². The number of thioether (sulfide) groups is 2. The molecule has 0 aliphatic carbocycles. The number of anilines is 1. The Labute approximate surface area is 161 Å². The van der Waals surface area contributed by atoms with Gasteiger partial charge in [-0.15, -0.1) is 11.8 Å². The van der Waals surface area contributed by atoms with E-state index < -0.39 is 28.3 Å². The number of aromatic nitrogens is 2. The fourth-order valence-corrected chi connectivity index (χ4v) is 5.67. The summed E-state index contributed by atoms with van der Waals surface area (Å²) in [6, 6.07) is 1.97. The van der Waals surface area contributed by atoms with E-state index in [2.05, 4.69) is 10.4 Å². The van der Waals surface area contributed by atoms with Crippen molar-refractivity contribution in [2.45, 2.75) is 24.1 Å². The zero-order chi connectivity index (χ0) is 19.1. The van der Waals surface area contributed by atoms with Crippen molar-refractivity contribution in [3.05, 3.63) is 51.1 Å². The van der Waals surface area contributed by atoms with Crippen molar-refractivity contribution in [3.8, 4) is 0 Å². The predicted molar refractivity (Wildman–Crippen MR) is 99.9 cm³/mol. The molecule has 1 aromatic heterocycles. The molecule has 2 aromatic rings. The quantitative estimate of drug-likeness (QED) is 0.738. The third kappa shape index (κ3) is 3.29. The predicted octanol–water partition coefficient (Wildman–Crippen LogP) is 3.44. The molecule has 2 aliphatic heterocycles. The minimum atomic E-state index is -1.58. The van der Waals surface area contributed by atoms with E-state index in [1.54, 1.807) is 4.68 Å². The van der Waals surface area contributed by atoms with Gasteiger partial charge in [-0.1, -0.05) is 6.07 Å². The normalized spacial score (nSPS) is 20.9. The average Bonchev–Trinajstić information content (AvgIpc) is 2.87. The van der Waals surface area contributed by atoms with Crippen LogP contribution in [0.1, 0.15) is 35.3 Å². The third-order valence-electron chi connectivity index (χ3n) is 4.77. The molecule has 4 rings (SSSR count). The first kappa shape index (κ1) is 18.5. The zero-order valence-corrected chi connectivity index (χ0v) is 15.7. The summed E-state index contributed by atoms with van der Waals surface area (Å²) in [4.78, 5) is 24.9. The van der Waals surface area contributed by atoms with Gasteiger partial charge in [0.1, 0.15) is 5.82 Å². The van der Waals surface area contributed by atoms with E-state index in [4.69, 9.17) is 0 Å². The number of fused-ring (bicyclic) bond motifs is 1. The summed E-state index contributed by atoms with van der Waals surface area (Å²) in [5.74, 6) is -2.42. The van der Waals surface area contributed by atoms with Crippen molar-refractivity contribution in [2.75, 3.05) is 22.6 Å². The van der Waals surface area contributed by atoms with Gasteiger partial charge in [-0.2, -0.15) is 11.8 Å². The van der Waals surface area contributed by atoms with E-state index in [9.17, 15) is 22.8 Å². The molecule has 1 fully saturated rings. The second kappa shape index (κ2) is 7.31. The number of halogens is 3. The fourth-order valence-electron chi connectivity index (χ4n) is 3.45. The van der Waals surface area contributed by atoms with E-state index in [1.807, 2.05) is 11.8 Å². The number of carbonyl (C=O) groups excluding carboxylic acids is 1. The summed E-state index contributed by atoms with van der Waals surface area (Å²) in [5, 5.41) is 4.56. The highest BCUT2D eigenvalue weighted by Gasteiger charge is 2.34. The Balaban J connectivity index is 1.86. The Morgan fingerprint density at radius 2 is 1.81 bits per heavy atom. The zero-order valence-electron chi connectivity index (χ0n) is 14.1. The first-order chi connectivity index (χ1) is 13.0. The van der Waals surface area contributed by atoms with Gasteiger partial charge in [0, 0.05) is 5.56 Å². The van der Waals surface area contributed by atoms with Crippen LogP contribution in [0.4, 0.5) is 19.0 Å². The van der Waals surface area contributed by atoms with Crippen molar-refractivity contribution in [1.29, 1.82) is 0 Å². The summed E-state index contributed by atoms with van der Waals surface area (Å²) in [6.45, 7) is 0. The van der Waals surface area contributed by atoms with Crippen LogP contribution in [-0.4, -0.2) is 32.9 Å². The van der Waals surface area contributed by atoms with Gasteiger partial charge in [-0.05, 0) is 30.4 Å². The number of hydrogen-bond acceptors (Lipinski definition) is 4. The Morgan fingerprint density at radius 3 is 2.56 bits per heavy atom. The second-order valence-corrected chi connectivity index (χ2v) is 8.74. The monoisotopic (exact) mass is 415 g/mol. The van der Waals surface area contributed by atoms with Crippen LogP contribution in [0.15, 0.2) is 16.9 Å². The molecule has 0 radical (unpaired) electrons. The highest BCUT2D eigenvalue weighted by atomic mass is 32.2. The molecule has 1 unspecified atom stereocenters. The molecule has 27 heavy (non-hydrogen) atoms. The molecule has 1 atom stereocenters. The maximum Gasteiger partial charge on any atom is 0.270 e. The van der Waals surface area contributed by atoms with Gasteiger partial charge in [0.15, 0.2) is 17.5 Å². The SMILES string of the molecule is O=C1CSC(c2ccc(F)c(F)c2F)c2c(n(C3CCSCC3)[nH]c2=O)N1. The molecule has 0 saturated carbocycles. The first-order valence-electron chi connectivity index (χ1n) is 8.44. The summed E-state index contributed by atoms with van der Waals surface area (Å²) >= 11 is 2.83. The van der Waals surface area contributed by atoms with Crippen LogP contribution in [0, 0.1) is 17.5 Å². The van der Waals surface area contributed by atoms with Crippen molar-refractivity contribution in [2.24, 2.45) is 0 Å². The topological polar surface area (TPSA) is 66.9 Å². The fraction of sp³-hybridized carbons (Fsp3) is 0.412. The highest BCUT2D eigenvalue weighted by Crippen LogP contribution is 2.42. The van der Waals surface area contributed by atoms with Crippen LogP contribution in [0.2, 0.25) is 0 Å². The Kier molecular flexibility index (Phi) is 5.02. The van der Waals surface area contributed by atoms with Gasteiger partial charge in [0.25, 0.3) is 5.56 Å². The molecule has 0 spiro atoms. The van der Waals surface area contributed by atoms with Gasteiger partial charge in [0.2, 0.25) is 5.91 Å². The maximum absolute atomic E-state index is 14.4. The van der Waals surface area contributed by atoms with Crippen LogP contribution < -0.4 is 10.9 Å². The molecule has 1 saturated heterocycles. The highest BCUT2D eigenvalue weighted by molar-refractivity contribution is 8.00. The van der Waals surface area contributed by atoms with Crippen LogP contribution >= 0.6 is 23.5 Å². The lowest BCUT2D eigenvalue weighted by atomic mass is 10.0. The van der Waals surface area contributed by atoms with E-state index >= 15 is 0 Å². The molecule has 144 valence electrons. The largest absolute Gasteiger partial charge is 0.310 e. The van der Waals surface area contributed by atoms with Crippen molar-refractivity contribution >= 4 is 35.2 Å². The summed E-state index contributed by atoms with van der Waals surface area (Å²) in [7, 11) is 0. The molecule has 1 aromatic carbocycles. The standard InChI is InChI=1S/C17H16F3N3O2S2/c18-10-2-1-9(13(19)14(10)20)15-12-16(21-11(24)7-27-15)23(22-17(12)25)8-3-5-26-6-4-8/h1-2,8,15H,3-7H2,(H,21,24)(H,22,25). The molecule has 2 aliphatic rings. The van der Waals surface area contributed by atoms with E-state index in [0.29, 0.717) is 5.82 Å². The van der Waals surface area contributed by atoms with E-state index in [1.165, 1.54) is 0 Å². The minimum Gasteiger partial charge on any atom is -0.310 e. The molecular weight excluding hydrogens is 399 g/mol. The average molecular weight is 415 g/mol. The molecule has 0 bridgehead atoms. The van der Waals surface area contributed by atoms with Crippen LogP contribution in [-0.2, 0) is 4.79 Å². The van der Waals surface area contributed by atoms with E-state index in [-0.39, 0.29) is 28.8 Å². The molecule has 2 N–H and O–H groups in total. The Bertz CT molecular complexity index is 954. The number of nitrogens with zero attached hydrogens (tertiary/aromatic N) is 1. The van der Waals surface area contributed by atoms with Gasteiger partial charge < -0.3 is 5.32 Å². The van der Waals surface area contributed by atoms with Crippen molar-refractivity contribution in [3.63, 3.8) is 0 Å². The summed E-state index contributed by atoms with van der Waals surface area (Å²) in [5.41, 5.74) is -0.458. The number of H-pyrrole nitrogens is 1. The van der Waals surface area contributed by atoms with Crippen molar-refractivity contribution < 1.29 is 18.0 Å². The van der Waals surface area contributed by atoms with E-state index in [0.717, 1.165) is 48.2 Å². The third-order valence-corrected chi connectivity index (χ3v) is 7.07. The molecular formula is C17H16F3N3O2S2. The second-order valence-electron chi connectivity index (χ2n) is 6.42. The molecule has 1 amide bonds. The number of nitrogens with one attached hydrogen (secondary N) is 2. The van der Waals surface area contributed by atoms with Gasteiger partial charge >= 0.3 is 0 Å². The van der Waals surface area contributed by atoms with Gasteiger partial charge in [-0.3, -0.25) is 19.4 Å². The molecule has 10 heteroatoms. The maximum atomic E-state index is 14.4. The minimum absolute atomic E-state index is 0.0153. The number of benzene rings is 1. The molecule has 3 heterocycles. The molecule has 5 nitrogen and oxygen atoms in total. The lowest BCUT2D eigenvalue weighted by Crippen LogP contribution is -2.22.